The lowest BCUT2D eigenvalue weighted by atomic mass is 9.96. The molecule has 0 bridgehead atoms. The molecule has 1 aromatic rings. The summed E-state index contributed by atoms with van der Waals surface area (Å²) in [6.45, 7) is 0. The van der Waals surface area contributed by atoms with Gasteiger partial charge in [0.1, 0.15) is 0 Å². The molecule has 1 fully saturated rings. The fraction of sp³-hybridized carbons (Fsp3) is 0.455. The number of aliphatic hydroxyl groups excluding tert-OH is 1. The Hall–Kier alpha value is -0.530. The Kier molecular flexibility index (Phi) is 2.56. The van der Waals surface area contributed by atoms with Crippen LogP contribution in [-0.4, -0.2) is 11.2 Å². The van der Waals surface area contributed by atoms with E-state index in [1.807, 2.05) is 24.3 Å². The largest absolute Gasteiger partial charge is 0.392 e. The second-order valence-electron chi connectivity index (χ2n) is 3.66. The van der Waals surface area contributed by atoms with Crippen molar-refractivity contribution in [1.82, 2.24) is 0 Å². The molecule has 0 heterocycles. The minimum Gasteiger partial charge on any atom is -0.392 e. The molecule has 1 aliphatic rings. The molecule has 1 aromatic carbocycles. The molecule has 0 aliphatic heterocycles. The zero-order chi connectivity index (χ0) is 9.26. The van der Waals surface area contributed by atoms with E-state index >= 15 is 0 Å². The first-order valence-electron chi connectivity index (χ1n) is 4.71. The van der Waals surface area contributed by atoms with Crippen molar-refractivity contribution >= 4 is 11.6 Å². The van der Waals surface area contributed by atoms with E-state index < -0.39 is 0 Å². The number of halogens is 1. The number of hydrogen-bond acceptors (Lipinski definition) is 1. The Morgan fingerprint density at radius 1 is 1.31 bits per heavy atom. The highest BCUT2D eigenvalue weighted by Crippen LogP contribution is 2.35. The minimum atomic E-state index is -0.168. The third-order valence-corrected chi connectivity index (χ3v) is 2.99. The van der Waals surface area contributed by atoms with Crippen molar-refractivity contribution in [2.24, 2.45) is 0 Å². The van der Waals surface area contributed by atoms with E-state index in [0.29, 0.717) is 5.92 Å². The SMILES string of the molecule is O[C@H]1CCC[C@H]1c1cccc(Cl)c1. The summed E-state index contributed by atoms with van der Waals surface area (Å²) in [4.78, 5) is 0. The van der Waals surface area contributed by atoms with Gasteiger partial charge >= 0.3 is 0 Å². The van der Waals surface area contributed by atoms with Gasteiger partial charge in [0.05, 0.1) is 6.10 Å². The predicted molar refractivity (Wildman–Crippen MR) is 54.1 cm³/mol. The van der Waals surface area contributed by atoms with Crippen molar-refractivity contribution < 1.29 is 5.11 Å². The summed E-state index contributed by atoms with van der Waals surface area (Å²) in [5.74, 6) is 0.304. The lowest BCUT2D eigenvalue weighted by molar-refractivity contribution is 0.164. The topological polar surface area (TPSA) is 20.2 Å². The molecule has 0 spiro atoms. The highest BCUT2D eigenvalue weighted by atomic mass is 35.5. The number of benzene rings is 1. The van der Waals surface area contributed by atoms with Gasteiger partial charge in [-0.1, -0.05) is 30.2 Å². The molecule has 0 saturated heterocycles. The molecular weight excluding hydrogens is 184 g/mol. The van der Waals surface area contributed by atoms with Gasteiger partial charge in [0, 0.05) is 10.9 Å². The van der Waals surface area contributed by atoms with E-state index in [9.17, 15) is 5.11 Å². The zero-order valence-corrected chi connectivity index (χ0v) is 8.17. The van der Waals surface area contributed by atoms with Crippen molar-refractivity contribution in [2.45, 2.75) is 31.3 Å². The van der Waals surface area contributed by atoms with Crippen molar-refractivity contribution in [2.75, 3.05) is 0 Å². The van der Waals surface area contributed by atoms with Crippen LogP contribution in [0.3, 0.4) is 0 Å². The second-order valence-corrected chi connectivity index (χ2v) is 4.10. The zero-order valence-electron chi connectivity index (χ0n) is 7.41. The molecule has 2 rings (SSSR count). The van der Waals surface area contributed by atoms with Gasteiger partial charge in [-0.2, -0.15) is 0 Å². The first-order valence-corrected chi connectivity index (χ1v) is 5.09. The van der Waals surface area contributed by atoms with Gasteiger partial charge in [-0.15, -0.1) is 0 Å². The summed E-state index contributed by atoms with van der Waals surface area (Å²) < 4.78 is 0. The summed E-state index contributed by atoms with van der Waals surface area (Å²) in [6, 6.07) is 7.82. The number of rotatable bonds is 1. The average molecular weight is 197 g/mol. The molecule has 1 nitrogen and oxygen atoms in total. The van der Waals surface area contributed by atoms with E-state index in [1.165, 1.54) is 5.56 Å². The van der Waals surface area contributed by atoms with Crippen molar-refractivity contribution in [1.29, 1.82) is 0 Å². The average Bonchev–Trinajstić information content (AvgIpc) is 2.51. The smallest absolute Gasteiger partial charge is 0.0608 e. The van der Waals surface area contributed by atoms with E-state index in [4.69, 9.17) is 11.6 Å². The molecule has 1 saturated carbocycles. The molecule has 13 heavy (non-hydrogen) atoms. The number of aliphatic hydroxyl groups is 1. The summed E-state index contributed by atoms with van der Waals surface area (Å²) >= 11 is 5.89. The normalized spacial score (nSPS) is 27.8. The minimum absolute atomic E-state index is 0.168. The third-order valence-electron chi connectivity index (χ3n) is 2.76. The molecule has 1 N–H and O–H groups in total. The van der Waals surface area contributed by atoms with Crippen LogP contribution in [-0.2, 0) is 0 Å². The Balaban J connectivity index is 2.24. The molecule has 0 radical (unpaired) electrons. The van der Waals surface area contributed by atoms with Crippen LogP contribution in [0.5, 0.6) is 0 Å². The van der Waals surface area contributed by atoms with Crippen LogP contribution in [0.1, 0.15) is 30.7 Å². The van der Waals surface area contributed by atoms with Gasteiger partial charge in [-0.05, 0) is 30.5 Å². The predicted octanol–water partition coefficient (Wildman–Crippen LogP) is 2.97. The first kappa shape index (κ1) is 9.04. The lowest BCUT2D eigenvalue weighted by Crippen LogP contribution is -2.10. The molecule has 0 aromatic heterocycles. The van der Waals surface area contributed by atoms with E-state index in [1.54, 1.807) is 0 Å². The van der Waals surface area contributed by atoms with Gasteiger partial charge in [0.25, 0.3) is 0 Å². The second kappa shape index (κ2) is 3.69. The third kappa shape index (κ3) is 1.87. The van der Waals surface area contributed by atoms with E-state index in [-0.39, 0.29) is 6.10 Å². The van der Waals surface area contributed by atoms with Crippen LogP contribution >= 0.6 is 11.6 Å². The van der Waals surface area contributed by atoms with Crippen LogP contribution in [0, 0.1) is 0 Å². The van der Waals surface area contributed by atoms with Gasteiger partial charge in [0.2, 0.25) is 0 Å². The molecule has 1 aliphatic carbocycles. The highest BCUT2D eigenvalue weighted by Gasteiger charge is 2.26. The van der Waals surface area contributed by atoms with Crippen LogP contribution in [0.25, 0.3) is 0 Å². The van der Waals surface area contributed by atoms with Gasteiger partial charge in [-0.25, -0.2) is 0 Å². The van der Waals surface area contributed by atoms with Crippen LogP contribution < -0.4 is 0 Å². The Morgan fingerprint density at radius 3 is 2.77 bits per heavy atom. The Bertz CT molecular complexity index is 298. The summed E-state index contributed by atoms with van der Waals surface area (Å²) in [5.41, 5.74) is 1.18. The van der Waals surface area contributed by atoms with E-state index in [0.717, 1.165) is 24.3 Å². The Morgan fingerprint density at radius 2 is 2.15 bits per heavy atom. The molecular formula is C11H13ClO. The highest BCUT2D eigenvalue weighted by molar-refractivity contribution is 6.30. The fourth-order valence-corrected chi connectivity index (χ4v) is 2.27. The van der Waals surface area contributed by atoms with Crippen molar-refractivity contribution in [3.8, 4) is 0 Å². The van der Waals surface area contributed by atoms with Crippen molar-refractivity contribution in [3.05, 3.63) is 34.9 Å². The van der Waals surface area contributed by atoms with Crippen molar-refractivity contribution in [3.63, 3.8) is 0 Å². The summed E-state index contributed by atoms with van der Waals surface area (Å²) in [5, 5.41) is 10.5. The summed E-state index contributed by atoms with van der Waals surface area (Å²) in [7, 11) is 0. The maximum Gasteiger partial charge on any atom is 0.0608 e. The number of hydrogen-bond donors (Lipinski definition) is 1. The van der Waals surface area contributed by atoms with Crippen LogP contribution in [0.15, 0.2) is 24.3 Å². The molecule has 0 amide bonds. The van der Waals surface area contributed by atoms with Gasteiger partial charge < -0.3 is 5.11 Å². The molecule has 2 heteroatoms. The maximum absolute atomic E-state index is 9.69. The van der Waals surface area contributed by atoms with Gasteiger partial charge in [0.15, 0.2) is 0 Å². The summed E-state index contributed by atoms with van der Waals surface area (Å²) in [6.07, 6.45) is 2.97. The fourth-order valence-electron chi connectivity index (χ4n) is 2.07. The monoisotopic (exact) mass is 196 g/mol. The maximum atomic E-state index is 9.69. The standard InChI is InChI=1S/C11H13ClO/c12-9-4-1-3-8(7-9)10-5-2-6-11(10)13/h1,3-4,7,10-11,13H,2,5-6H2/t10-,11-/m0/s1. The molecule has 0 unspecified atom stereocenters. The van der Waals surface area contributed by atoms with Gasteiger partial charge in [-0.3, -0.25) is 0 Å². The quantitative estimate of drug-likeness (QED) is 0.732. The molecule has 2 atom stereocenters. The van der Waals surface area contributed by atoms with E-state index in [2.05, 4.69) is 0 Å². The first-order chi connectivity index (χ1) is 6.27. The Labute approximate surface area is 83.3 Å². The van der Waals surface area contributed by atoms with Crippen LogP contribution in [0.2, 0.25) is 5.02 Å². The van der Waals surface area contributed by atoms with Crippen LogP contribution in [0.4, 0.5) is 0 Å². The lowest BCUT2D eigenvalue weighted by Gasteiger charge is -2.14. The molecule has 70 valence electrons.